The predicted octanol–water partition coefficient (Wildman–Crippen LogP) is 1.49. The van der Waals surface area contributed by atoms with Gasteiger partial charge >= 0.3 is 0 Å². The number of hydrogen-bond acceptors (Lipinski definition) is 6. The van der Waals surface area contributed by atoms with Crippen LogP contribution in [0.25, 0.3) is 27.6 Å². The van der Waals surface area contributed by atoms with Crippen molar-refractivity contribution in [3.8, 4) is 5.69 Å². The second kappa shape index (κ2) is 5.92. The summed E-state index contributed by atoms with van der Waals surface area (Å²) in [6, 6.07) is 9.50. The molecule has 8 heteroatoms. The molecule has 1 aliphatic heterocycles. The molecule has 3 aromatic heterocycles. The molecule has 4 aromatic rings. The van der Waals surface area contributed by atoms with Gasteiger partial charge in [0.15, 0.2) is 5.65 Å². The van der Waals surface area contributed by atoms with Gasteiger partial charge < -0.3 is 9.64 Å². The number of morpholine rings is 1. The van der Waals surface area contributed by atoms with Crippen molar-refractivity contribution in [3.05, 3.63) is 53.1 Å². The van der Waals surface area contributed by atoms with E-state index in [1.807, 2.05) is 30.3 Å². The van der Waals surface area contributed by atoms with E-state index in [2.05, 4.69) is 20.1 Å². The highest BCUT2D eigenvalue weighted by Gasteiger charge is 2.19. The van der Waals surface area contributed by atoms with E-state index in [4.69, 9.17) is 9.72 Å². The van der Waals surface area contributed by atoms with Crippen LogP contribution in [-0.2, 0) is 4.74 Å². The summed E-state index contributed by atoms with van der Waals surface area (Å²) in [7, 11) is 0. The highest BCUT2D eigenvalue weighted by molar-refractivity contribution is 6.02. The quantitative estimate of drug-likeness (QED) is 0.590. The Bertz CT molecular complexity index is 1140. The topological polar surface area (TPSA) is 88.9 Å². The lowest BCUT2D eigenvalue weighted by Gasteiger charge is -2.26. The van der Waals surface area contributed by atoms with Gasteiger partial charge in [-0.2, -0.15) is 10.1 Å². The van der Waals surface area contributed by atoms with Gasteiger partial charge in [0.2, 0.25) is 5.95 Å². The highest BCUT2D eigenvalue weighted by Crippen LogP contribution is 2.23. The normalized spacial score (nSPS) is 15.0. The Labute approximate surface area is 148 Å². The highest BCUT2D eigenvalue weighted by atomic mass is 16.5. The average molecular weight is 348 g/mol. The number of aromatic amines is 1. The largest absolute Gasteiger partial charge is 0.378 e. The maximum Gasteiger partial charge on any atom is 0.267 e. The van der Waals surface area contributed by atoms with E-state index in [0.717, 1.165) is 24.2 Å². The minimum Gasteiger partial charge on any atom is -0.378 e. The molecule has 1 N–H and O–H groups in total. The van der Waals surface area contributed by atoms with E-state index in [1.165, 1.54) is 0 Å². The monoisotopic (exact) mass is 348 g/mol. The third-order valence-corrected chi connectivity index (χ3v) is 4.61. The van der Waals surface area contributed by atoms with E-state index in [-0.39, 0.29) is 5.56 Å². The standard InChI is InChI=1S/C18H16N6O2/c25-17-14-11-20-22-15(14)13-10-19-18(23-6-8-26-9-7-23)21-16(13)24(17)12-4-2-1-3-5-12/h1-5,10-11H,6-9H2,(H,20,22). The van der Waals surface area contributed by atoms with Gasteiger partial charge in [-0.1, -0.05) is 18.2 Å². The lowest BCUT2D eigenvalue weighted by Crippen LogP contribution is -2.37. The molecule has 5 rings (SSSR count). The van der Waals surface area contributed by atoms with Crippen LogP contribution >= 0.6 is 0 Å². The number of pyridine rings is 1. The number of H-pyrrole nitrogens is 1. The van der Waals surface area contributed by atoms with E-state index in [9.17, 15) is 4.79 Å². The fourth-order valence-electron chi connectivity index (χ4n) is 3.31. The second-order valence-corrected chi connectivity index (χ2v) is 6.13. The summed E-state index contributed by atoms with van der Waals surface area (Å²) in [5, 5.41) is 8.27. The Morgan fingerprint density at radius 3 is 2.69 bits per heavy atom. The number of aromatic nitrogens is 5. The number of para-hydroxylation sites is 1. The van der Waals surface area contributed by atoms with Gasteiger partial charge in [-0.05, 0) is 12.1 Å². The number of rotatable bonds is 2. The molecule has 1 aliphatic rings. The number of benzene rings is 1. The molecule has 8 nitrogen and oxygen atoms in total. The molecule has 0 amide bonds. The van der Waals surface area contributed by atoms with Crippen molar-refractivity contribution < 1.29 is 4.74 Å². The summed E-state index contributed by atoms with van der Waals surface area (Å²) < 4.78 is 7.03. The number of nitrogens with one attached hydrogen (secondary N) is 1. The Morgan fingerprint density at radius 1 is 1.08 bits per heavy atom. The van der Waals surface area contributed by atoms with Crippen LogP contribution in [0, 0.1) is 0 Å². The molecule has 0 saturated carbocycles. The fraction of sp³-hybridized carbons (Fsp3) is 0.222. The minimum atomic E-state index is -0.154. The molecule has 1 saturated heterocycles. The van der Waals surface area contributed by atoms with Gasteiger partial charge in [-0.25, -0.2) is 4.98 Å². The third-order valence-electron chi connectivity index (χ3n) is 4.61. The molecule has 130 valence electrons. The molecule has 0 atom stereocenters. The summed E-state index contributed by atoms with van der Waals surface area (Å²) in [6.07, 6.45) is 3.36. The maximum absolute atomic E-state index is 13.1. The Morgan fingerprint density at radius 2 is 1.88 bits per heavy atom. The molecule has 0 radical (unpaired) electrons. The molecule has 26 heavy (non-hydrogen) atoms. The summed E-state index contributed by atoms with van der Waals surface area (Å²) in [5.41, 5.74) is 1.75. The van der Waals surface area contributed by atoms with Crippen LogP contribution in [0.4, 0.5) is 5.95 Å². The maximum atomic E-state index is 13.1. The zero-order valence-electron chi connectivity index (χ0n) is 13.9. The van der Waals surface area contributed by atoms with E-state index in [1.54, 1.807) is 17.0 Å². The first kappa shape index (κ1) is 15.0. The lowest BCUT2D eigenvalue weighted by molar-refractivity contribution is 0.122. The van der Waals surface area contributed by atoms with Crippen molar-refractivity contribution in [2.45, 2.75) is 0 Å². The number of fused-ring (bicyclic) bond motifs is 3. The molecule has 0 unspecified atom stereocenters. The van der Waals surface area contributed by atoms with Crippen LogP contribution in [0.3, 0.4) is 0 Å². The SMILES string of the molecule is O=c1c2c[nH]nc2c2cnc(N3CCOCC3)nc2n1-c1ccccc1. The summed E-state index contributed by atoms with van der Waals surface area (Å²) in [6.45, 7) is 2.74. The molecule has 0 bridgehead atoms. The average Bonchev–Trinajstić information content (AvgIpc) is 3.20. The first-order chi connectivity index (χ1) is 12.8. The van der Waals surface area contributed by atoms with Crippen molar-refractivity contribution in [1.29, 1.82) is 0 Å². The van der Waals surface area contributed by atoms with Crippen LogP contribution in [0.5, 0.6) is 0 Å². The van der Waals surface area contributed by atoms with Crippen LogP contribution in [0.15, 0.2) is 47.5 Å². The van der Waals surface area contributed by atoms with Crippen molar-refractivity contribution in [2.75, 3.05) is 31.2 Å². The zero-order chi connectivity index (χ0) is 17.5. The molecular formula is C18H16N6O2. The van der Waals surface area contributed by atoms with Crippen LogP contribution < -0.4 is 10.5 Å². The second-order valence-electron chi connectivity index (χ2n) is 6.13. The third kappa shape index (κ3) is 2.26. The van der Waals surface area contributed by atoms with Crippen LogP contribution in [0.1, 0.15) is 0 Å². The van der Waals surface area contributed by atoms with Crippen molar-refractivity contribution in [2.24, 2.45) is 0 Å². The zero-order valence-corrected chi connectivity index (χ0v) is 13.9. The fourth-order valence-corrected chi connectivity index (χ4v) is 3.31. The van der Waals surface area contributed by atoms with Crippen LogP contribution in [-0.4, -0.2) is 51.0 Å². The van der Waals surface area contributed by atoms with Gasteiger partial charge in [-0.15, -0.1) is 0 Å². The molecule has 0 spiro atoms. The molecule has 1 aromatic carbocycles. The first-order valence-corrected chi connectivity index (χ1v) is 8.46. The Balaban J connectivity index is 1.83. The van der Waals surface area contributed by atoms with Crippen molar-refractivity contribution in [1.82, 2.24) is 24.7 Å². The van der Waals surface area contributed by atoms with E-state index in [0.29, 0.717) is 35.7 Å². The van der Waals surface area contributed by atoms with Gasteiger partial charge in [0.1, 0.15) is 5.52 Å². The smallest absolute Gasteiger partial charge is 0.267 e. The molecule has 0 aliphatic carbocycles. The van der Waals surface area contributed by atoms with Crippen molar-refractivity contribution >= 4 is 27.9 Å². The van der Waals surface area contributed by atoms with E-state index >= 15 is 0 Å². The number of ether oxygens (including phenoxy) is 1. The van der Waals surface area contributed by atoms with Gasteiger partial charge in [0.25, 0.3) is 5.56 Å². The first-order valence-electron chi connectivity index (χ1n) is 8.46. The van der Waals surface area contributed by atoms with Crippen LogP contribution in [0.2, 0.25) is 0 Å². The summed E-state index contributed by atoms with van der Waals surface area (Å²) in [5.74, 6) is 0.597. The molecule has 1 fully saturated rings. The number of nitrogens with zero attached hydrogens (tertiary/aromatic N) is 5. The Hall–Kier alpha value is -3.26. The molecule has 4 heterocycles. The summed E-state index contributed by atoms with van der Waals surface area (Å²) >= 11 is 0. The van der Waals surface area contributed by atoms with Gasteiger partial charge in [0.05, 0.1) is 29.7 Å². The number of anilines is 1. The lowest BCUT2D eigenvalue weighted by atomic mass is 10.2. The van der Waals surface area contributed by atoms with E-state index < -0.39 is 0 Å². The summed E-state index contributed by atoms with van der Waals surface area (Å²) in [4.78, 5) is 24.4. The van der Waals surface area contributed by atoms with Gasteiger partial charge in [0, 0.05) is 25.5 Å². The van der Waals surface area contributed by atoms with Crippen molar-refractivity contribution in [3.63, 3.8) is 0 Å². The minimum absolute atomic E-state index is 0.154. The molecular weight excluding hydrogens is 332 g/mol. The van der Waals surface area contributed by atoms with Gasteiger partial charge in [-0.3, -0.25) is 14.5 Å². The number of hydrogen-bond donors (Lipinski definition) is 1. The Kier molecular flexibility index (Phi) is 3.42. The predicted molar refractivity (Wildman–Crippen MR) is 97.8 cm³/mol.